The molecule has 110 valence electrons. The number of thiophene rings is 1. The molecule has 0 N–H and O–H groups in total. The van der Waals surface area contributed by atoms with Gasteiger partial charge in [0.1, 0.15) is 11.0 Å². The number of likely N-dealkylation sites (tertiary alicyclic amines) is 1. The maximum absolute atomic E-state index is 12.3. The summed E-state index contributed by atoms with van der Waals surface area (Å²) in [5.74, 6) is -0.0866. The monoisotopic (exact) mass is 316 g/mol. The molecular formula is C13H17ClN2O3S. The molecule has 0 aliphatic carbocycles. The molecule has 1 aliphatic heterocycles. The lowest BCUT2D eigenvalue weighted by molar-refractivity contribution is 0.0668. The highest BCUT2D eigenvalue weighted by atomic mass is 35.5. The summed E-state index contributed by atoms with van der Waals surface area (Å²) in [6.45, 7) is 2.88. The molecule has 5 nitrogen and oxygen atoms in total. The Bertz CT molecular complexity index is 530. The maximum atomic E-state index is 12.3. The molecule has 0 spiro atoms. The van der Waals surface area contributed by atoms with Crippen LogP contribution in [0.25, 0.3) is 0 Å². The van der Waals surface area contributed by atoms with Crippen LogP contribution in [-0.2, 0) is 4.74 Å². The fourth-order valence-electron chi connectivity index (χ4n) is 1.97. The van der Waals surface area contributed by atoms with E-state index in [0.29, 0.717) is 29.4 Å². The van der Waals surface area contributed by atoms with Gasteiger partial charge < -0.3 is 14.5 Å². The lowest BCUT2D eigenvalue weighted by Gasteiger charge is -2.18. The molecular weight excluding hydrogens is 300 g/mol. The molecule has 0 unspecified atom stereocenters. The van der Waals surface area contributed by atoms with Gasteiger partial charge in [0.15, 0.2) is 0 Å². The fraction of sp³-hybridized carbons (Fsp3) is 0.538. The van der Waals surface area contributed by atoms with E-state index in [2.05, 4.69) is 0 Å². The van der Waals surface area contributed by atoms with Crippen molar-refractivity contribution in [3.63, 3.8) is 0 Å². The van der Waals surface area contributed by atoms with Gasteiger partial charge in [0.05, 0.1) is 11.6 Å². The topological polar surface area (TPSA) is 49.9 Å². The van der Waals surface area contributed by atoms with Gasteiger partial charge in [0, 0.05) is 27.1 Å². The second kappa shape index (κ2) is 6.01. The molecule has 2 rings (SSSR count). The Balaban J connectivity index is 1.97. The maximum Gasteiger partial charge on any atom is 0.409 e. The van der Waals surface area contributed by atoms with E-state index in [4.69, 9.17) is 16.3 Å². The van der Waals surface area contributed by atoms with Crippen molar-refractivity contribution in [2.24, 2.45) is 0 Å². The Kier molecular flexibility index (Phi) is 4.55. The zero-order valence-corrected chi connectivity index (χ0v) is 13.3. The van der Waals surface area contributed by atoms with E-state index in [9.17, 15) is 9.59 Å². The third kappa shape index (κ3) is 3.07. The second-order valence-corrected chi connectivity index (χ2v) is 6.26. The van der Waals surface area contributed by atoms with Crippen LogP contribution in [0.4, 0.5) is 4.79 Å². The van der Waals surface area contributed by atoms with Crippen molar-refractivity contribution in [1.29, 1.82) is 0 Å². The molecule has 0 aromatic carbocycles. The van der Waals surface area contributed by atoms with Crippen molar-refractivity contribution in [2.45, 2.75) is 19.4 Å². The number of carbonyl (C=O) groups is 2. The molecule has 1 aromatic rings. The third-order valence-corrected chi connectivity index (χ3v) is 4.84. The van der Waals surface area contributed by atoms with Crippen LogP contribution < -0.4 is 0 Å². The minimum Gasteiger partial charge on any atom is -0.444 e. The number of hydrogen-bond acceptors (Lipinski definition) is 4. The molecule has 2 heterocycles. The molecule has 1 fully saturated rings. The van der Waals surface area contributed by atoms with Crippen molar-refractivity contribution < 1.29 is 14.3 Å². The van der Waals surface area contributed by atoms with Crippen LogP contribution in [-0.4, -0.2) is 55.1 Å². The van der Waals surface area contributed by atoms with E-state index < -0.39 is 0 Å². The molecule has 0 saturated carbocycles. The van der Waals surface area contributed by atoms with Crippen LogP contribution in [0.15, 0.2) is 5.38 Å². The zero-order valence-electron chi connectivity index (χ0n) is 11.7. The van der Waals surface area contributed by atoms with E-state index in [-0.39, 0.29) is 18.1 Å². The molecule has 20 heavy (non-hydrogen) atoms. The molecule has 1 aliphatic rings. The number of rotatable bonds is 2. The molecule has 1 aromatic heterocycles. The van der Waals surface area contributed by atoms with Crippen LogP contribution in [0.3, 0.4) is 0 Å². The largest absolute Gasteiger partial charge is 0.444 e. The third-order valence-electron chi connectivity index (χ3n) is 3.16. The number of halogens is 1. The Hall–Kier alpha value is -1.27. The lowest BCUT2D eigenvalue weighted by atomic mass is 10.3. The number of carbonyl (C=O) groups excluding carboxylic acids is 2. The van der Waals surface area contributed by atoms with Crippen LogP contribution in [0.2, 0.25) is 5.02 Å². The lowest BCUT2D eigenvalue weighted by Crippen LogP contribution is -2.32. The van der Waals surface area contributed by atoms with Crippen molar-refractivity contribution in [3.05, 3.63) is 20.8 Å². The number of aryl methyl sites for hydroxylation is 1. The summed E-state index contributed by atoms with van der Waals surface area (Å²) in [6, 6.07) is 0. The molecule has 2 amide bonds. The Morgan fingerprint density at radius 2 is 2.20 bits per heavy atom. The van der Waals surface area contributed by atoms with Gasteiger partial charge in [-0.15, -0.1) is 11.3 Å². The summed E-state index contributed by atoms with van der Waals surface area (Å²) >= 11 is 7.47. The SMILES string of the molecule is Cc1csc(C(=O)N2CC[C@H](OC(=O)N(C)C)C2)c1Cl. The first-order chi connectivity index (χ1) is 9.40. The van der Waals surface area contributed by atoms with Gasteiger partial charge in [0.25, 0.3) is 5.91 Å². The summed E-state index contributed by atoms with van der Waals surface area (Å²) in [6.07, 6.45) is 0.0378. The number of hydrogen-bond donors (Lipinski definition) is 0. The molecule has 7 heteroatoms. The van der Waals surface area contributed by atoms with Gasteiger partial charge in [-0.25, -0.2) is 4.79 Å². The van der Waals surface area contributed by atoms with Crippen LogP contribution in [0, 0.1) is 6.92 Å². The molecule has 1 saturated heterocycles. The van der Waals surface area contributed by atoms with E-state index in [1.165, 1.54) is 16.2 Å². The van der Waals surface area contributed by atoms with E-state index in [1.807, 2.05) is 12.3 Å². The number of ether oxygens (including phenoxy) is 1. The summed E-state index contributed by atoms with van der Waals surface area (Å²) in [5, 5.41) is 2.39. The first kappa shape index (κ1) is 15.1. The Morgan fingerprint density at radius 3 is 2.75 bits per heavy atom. The Labute approximate surface area is 127 Å². The summed E-state index contributed by atoms with van der Waals surface area (Å²) in [7, 11) is 3.27. The van der Waals surface area contributed by atoms with Gasteiger partial charge in [-0.1, -0.05) is 11.6 Å². The first-order valence-corrected chi connectivity index (χ1v) is 7.56. The Morgan fingerprint density at radius 1 is 1.50 bits per heavy atom. The number of amides is 2. The molecule has 0 radical (unpaired) electrons. The van der Waals surface area contributed by atoms with Crippen molar-refractivity contribution in [3.8, 4) is 0 Å². The van der Waals surface area contributed by atoms with Crippen LogP contribution in [0.5, 0.6) is 0 Å². The normalized spacial score (nSPS) is 18.2. The first-order valence-electron chi connectivity index (χ1n) is 6.31. The molecule has 0 bridgehead atoms. The predicted octanol–water partition coefficient (Wildman–Crippen LogP) is 2.62. The van der Waals surface area contributed by atoms with E-state index in [0.717, 1.165) is 5.56 Å². The standard InChI is InChI=1S/C13H17ClN2O3S/c1-8-7-20-11(10(8)14)12(17)16-5-4-9(6-16)19-13(18)15(2)3/h7,9H,4-6H2,1-3H3/t9-/m0/s1. The number of nitrogens with zero attached hydrogens (tertiary/aromatic N) is 2. The van der Waals surface area contributed by atoms with Gasteiger partial charge in [-0.3, -0.25) is 4.79 Å². The van der Waals surface area contributed by atoms with Crippen molar-refractivity contribution in [1.82, 2.24) is 9.80 Å². The van der Waals surface area contributed by atoms with Gasteiger partial charge in [-0.05, 0) is 17.9 Å². The van der Waals surface area contributed by atoms with Gasteiger partial charge >= 0.3 is 6.09 Å². The van der Waals surface area contributed by atoms with Crippen LogP contribution >= 0.6 is 22.9 Å². The smallest absolute Gasteiger partial charge is 0.409 e. The minimum atomic E-state index is -0.380. The quantitative estimate of drug-likeness (QED) is 0.842. The summed E-state index contributed by atoms with van der Waals surface area (Å²) in [5.41, 5.74) is 0.912. The van der Waals surface area contributed by atoms with E-state index in [1.54, 1.807) is 19.0 Å². The van der Waals surface area contributed by atoms with Crippen LogP contribution in [0.1, 0.15) is 21.7 Å². The van der Waals surface area contributed by atoms with Crippen molar-refractivity contribution >= 4 is 34.9 Å². The highest BCUT2D eigenvalue weighted by Crippen LogP contribution is 2.29. The zero-order chi connectivity index (χ0) is 14.9. The van der Waals surface area contributed by atoms with Gasteiger partial charge in [-0.2, -0.15) is 0 Å². The van der Waals surface area contributed by atoms with E-state index >= 15 is 0 Å². The average Bonchev–Trinajstić information content (AvgIpc) is 2.98. The minimum absolute atomic E-state index is 0.0866. The fourth-order valence-corrected chi connectivity index (χ4v) is 3.22. The summed E-state index contributed by atoms with van der Waals surface area (Å²) in [4.78, 5) is 27.5. The molecule has 1 atom stereocenters. The second-order valence-electron chi connectivity index (χ2n) is 5.00. The van der Waals surface area contributed by atoms with Gasteiger partial charge in [0.2, 0.25) is 0 Å². The predicted molar refractivity (Wildman–Crippen MR) is 78.5 cm³/mol. The highest BCUT2D eigenvalue weighted by Gasteiger charge is 2.31. The average molecular weight is 317 g/mol. The summed E-state index contributed by atoms with van der Waals surface area (Å²) < 4.78 is 5.29. The highest BCUT2D eigenvalue weighted by molar-refractivity contribution is 7.13. The van der Waals surface area contributed by atoms with Crippen molar-refractivity contribution in [2.75, 3.05) is 27.2 Å².